The SMILES string of the molecule is CC(C)(C)OC(=O)N1CC[C@H]2CC(=O)C[C@H]2C1. The number of hydrogen-bond acceptors (Lipinski definition) is 3. The Labute approximate surface area is 102 Å². The molecule has 17 heavy (non-hydrogen) atoms. The number of carbonyl (C=O) groups excluding carboxylic acids is 2. The van der Waals surface area contributed by atoms with Crippen molar-refractivity contribution in [3.8, 4) is 0 Å². The molecule has 2 atom stereocenters. The summed E-state index contributed by atoms with van der Waals surface area (Å²) < 4.78 is 5.35. The van der Waals surface area contributed by atoms with Crippen LogP contribution in [-0.4, -0.2) is 35.5 Å². The van der Waals surface area contributed by atoms with E-state index in [1.807, 2.05) is 20.8 Å². The molecule has 0 unspecified atom stereocenters. The van der Waals surface area contributed by atoms with Crippen LogP contribution in [0.5, 0.6) is 0 Å². The normalized spacial score (nSPS) is 29.1. The van der Waals surface area contributed by atoms with E-state index in [1.165, 1.54) is 0 Å². The topological polar surface area (TPSA) is 46.6 Å². The monoisotopic (exact) mass is 239 g/mol. The van der Waals surface area contributed by atoms with E-state index >= 15 is 0 Å². The fourth-order valence-electron chi connectivity index (χ4n) is 2.74. The van der Waals surface area contributed by atoms with Gasteiger partial charge in [-0.1, -0.05) is 0 Å². The highest BCUT2D eigenvalue weighted by atomic mass is 16.6. The van der Waals surface area contributed by atoms with Gasteiger partial charge in [-0.25, -0.2) is 4.79 Å². The number of carbonyl (C=O) groups is 2. The van der Waals surface area contributed by atoms with Gasteiger partial charge in [-0.3, -0.25) is 4.79 Å². The molecule has 2 aliphatic rings. The molecule has 1 aliphatic carbocycles. The molecule has 0 aromatic heterocycles. The molecule has 96 valence electrons. The summed E-state index contributed by atoms with van der Waals surface area (Å²) in [5.41, 5.74) is -0.445. The average molecular weight is 239 g/mol. The lowest BCUT2D eigenvalue weighted by Gasteiger charge is -2.35. The van der Waals surface area contributed by atoms with Gasteiger partial charge in [0.25, 0.3) is 0 Å². The number of likely N-dealkylation sites (tertiary alicyclic amines) is 1. The quantitative estimate of drug-likeness (QED) is 0.651. The van der Waals surface area contributed by atoms with Crippen molar-refractivity contribution in [3.63, 3.8) is 0 Å². The van der Waals surface area contributed by atoms with Gasteiger partial charge in [-0.15, -0.1) is 0 Å². The van der Waals surface area contributed by atoms with Gasteiger partial charge in [0, 0.05) is 25.9 Å². The molecule has 1 heterocycles. The molecule has 1 saturated heterocycles. The first kappa shape index (κ1) is 12.4. The van der Waals surface area contributed by atoms with Crippen LogP contribution in [0.3, 0.4) is 0 Å². The zero-order valence-corrected chi connectivity index (χ0v) is 10.9. The Morgan fingerprint density at radius 2 is 1.94 bits per heavy atom. The summed E-state index contributed by atoms with van der Waals surface area (Å²) in [6, 6.07) is 0. The van der Waals surface area contributed by atoms with E-state index in [4.69, 9.17) is 4.74 Å². The smallest absolute Gasteiger partial charge is 0.410 e. The van der Waals surface area contributed by atoms with Gasteiger partial charge in [0.15, 0.2) is 0 Å². The molecule has 1 amide bonds. The highest BCUT2D eigenvalue weighted by Gasteiger charge is 2.39. The lowest BCUT2D eigenvalue weighted by Crippen LogP contribution is -2.44. The number of amides is 1. The third-order valence-electron chi connectivity index (χ3n) is 3.52. The van der Waals surface area contributed by atoms with Gasteiger partial charge < -0.3 is 9.64 Å². The molecular formula is C13H21NO3. The molecule has 0 N–H and O–H groups in total. The number of ketones is 1. The van der Waals surface area contributed by atoms with Gasteiger partial charge in [-0.05, 0) is 39.0 Å². The molecule has 0 bridgehead atoms. The van der Waals surface area contributed by atoms with Crippen molar-refractivity contribution in [2.24, 2.45) is 11.8 Å². The second kappa shape index (κ2) is 4.31. The number of hydrogen-bond donors (Lipinski definition) is 0. The van der Waals surface area contributed by atoms with Crippen molar-refractivity contribution in [1.82, 2.24) is 4.90 Å². The predicted molar refractivity (Wildman–Crippen MR) is 63.6 cm³/mol. The van der Waals surface area contributed by atoms with Crippen LogP contribution in [0.1, 0.15) is 40.0 Å². The lowest BCUT2D eigenvalue weighted by atomic mass is 9.89. The Kier molecular flexibility index (Phi) is 3.15. The minimum Gasteiger partial charge on any atom is -0.444 e. The van der Waals surface area contributed by atoms with E-state index in [1.54, 1.807) is 4.90 Å². The molecule has 1 aliphatic heterocycles. The Morgan fingerprint density at radius 1 is 1.29 bits per heavy atom. The Hall–Kier alpha value is -1.06. The van der Waals surface area contributed by atoms with Gasteiger partial charge in [0.2, 0.25) is 0 Å². The number of fused-ring (bicyclic) bond motifs is 1. The van der Waals surface area contributed by atoms with Crippen molar-refractivity contribution < 1.29 is 14.3 Å². The van der Waals surface area contributed by atoms with Crippen LogP contribution in [0.15, 0.2) is 0 Å². The Bertz CT molecular complexity index is 332. The van der Waals surface area contributed by atoms with Gasteiger partial charge in [0.05, 0.1) is 0 Å². The average Bonchev–Trinajstić information content (AvgIpc) is 2.53. The third kappa shape index (κ3) is 2.99. The van der Waals surface area contributed by atoms with Crippen molar-refractivity contribution >= 4 is 11.9 Å². The van der Waals surface area contributed by atoms with Crippen molar-refractivity contribution in [2.45, 2.75) is 45.6 Å². The standard InChI is InChI=1S/C13H21NO3/c1-13(2,3)17-12(16)14-5-4-9-6-11(15)7-10(9)8-14/h9-10H,4-8H2,1-3H3/t9-,10-/m0/s1. The second-order valence-electron chi connectivity index (χ2n) is 6.18. The highest BCUT2D eigenvalue weighted by molar-refractivity contribution is 5.81. The third-order valence-corrected chi connectivity index (χ3v) is 3.52. The van der Waals surface area contributed by atoms with Gasteiger partial charge in [0.1, 0.15) is 11.4 Å². The zero-order valence-electron chi connectivity index (χ0n) is 10.9. The van der Waals surface area contributed by atoms with E-state index in [9.17, 15) is 9.59 Å². The summed E-state index contributed by atoms with van der Waals surface area (Å²) in [7, 11) is 0. The molecule has 1 saturated carbocycles. The van der Waals surface area contributed by atoms with E-state index < -0.39 is 5.60 Å². The van der Waals surface area contributed by atoms with E-state index in [-0.39, 0.29) is 6.09 Å². The van der Waals surface area contributed by atoms with Gasteiger partial charge in [-0.2, -0.15) is 0 Å². The molecule has 2 fully saturated rings. The minimum absolute atomic E-state index is 0.240. The fraction of sp³-hybridized carbons (Fsp3) is 0.846. The van der Waals surface area contributed by atoms with Crippen LogP contribution in [0, 0.1) is 11.8 Å². The summed E-state index contributed by atoms with van der Waals surface area (Å²) >= 11 is 0. The van der Waals surface area contributed by atoms with Gasteiger partial charge >= 0.3 is 6.09 Å². The number of Topliss-reactive ketones (excluding diaryl/α,β-unsaturated/α-hetero) is 1. The van der Waals surface area contributed by atoms with Crippen molar-refractivity contribution in [1.29, 1.82) is 0 Å². The molecule has 0 aromatic carbocycles. The van der Waals surface area contributed by atoms with Crippen LogP contribution in [0.4, 0.5) is 4.79 Å². The molecule has 4 nitrogen and oxygen atoms in total. The predicted octanol–water partition coefficient (Wildman–Crippen LogP) is 2.22. The van der Waals surface area contributed by atoms with E-state index in [0.29, 0.717) is 37.0 Å². The molecule has 2 rings (SSSR count). The highest BCUT2D eigenvalue weighted by Crippen LogP contribution is 2.36. The summed E-state index contributed by atoms with van der Waals surface area (Å²) in [4.78, 5) is 25.0. The minimum atomic E-state index is -0.445. The number of nitrogens with zero attached hydrogens (tertiary/aromatic N) is 1. The van der Waals surface area contributed by atoms with Crippen LogP contribution < -0.4 is 0 Å². The molecule has 4 heteroatoms. The summed E-state index contributed by atoms with van der Waals surface area (Å²) in [5.74, 6) is 1.22. The molecule has 0 aromatic rings. The first-order valence-corrected chi connectivity index (χ1v) is 6.35. The van der Waals surface area contributed by atoms with E-state index in [0.717, 1.165) is 13.0 Å². The van der Waals surface area contributed by atoms with Crippen LogP contribution >= 0.6 is 0 Å². The summed E-state index contributed by atoms with van der Waals surface area (Å²) in [6.07, 6.45) is 2.06. The van der Waals surface area contributed by atoms with Crippen molar-refractivity contribution in [3.05, 3.63) is 0 Å². The fourth-order valence-corrected chi connectivity index (χ4v) is 2.74. The number of piperidine rings is 1. The summed E-state index contributed by atoms with van der Waals surface area (Å²) in [5, 5.41) is 0. The Balaban J connectivity index is 1.92. The second-order valence-corrected chi connectivity index (χ2v) is 6.18. The van der Waals surface area contributed by atoms with Crippen molar-refractivity contribution in [2.75, 3.05) is 13.1 Å². The number of rotatable bonds is 0. The molecule has 0 radical (unpaired) electrons. The molecule has 0 spiro atoms. The maximum absolute atomic E-state index is 11.9. The maximum atomic E-state index is 11.9. The number of ether oxygens (including phenoxy) is 1. The maximum Gasteiger partial charge on any atom is 0.410 e. The van der Waals surface area contributed by atoms with Crippen LogP contribution in [0.25, 0.3) is 0 Å². The zero-order chi connectivity index (χ0) is 12.6. The molecular weight excluding hydrogens is 218 g/mol. The first-order valence-electron chi connectivity index (χ1n) is 6.35. The summed E-state index contributed by atoms with van der Waals surface area (Å²) in [6.45, 7) is 7.03. The van der Waals surface area contributed by atoms with E-state index in [2.05, 4.69) is 0 Å². The van der Waals surface area contributed by atoms with Crippen LogP contribution in [0.2, 0.25) is 0 Å². The Morgan fingerprint density at radius 3 is 2.59 bits per heavy atom. The van der Waals surface area contributed by atoms with Crippen LogP contribution in [-0.2, 0) is 9.53 Å². The largest absolute Gasteiger partial charge is 0.444 e. The lowest BCUT2D eigenvalue weighted by molar-refractivity contribution is -0.117. The first-order chi connectivity index (χ1) is 7.85.